The van der Waals surface area contributed by atoms with Gasteiger partial charge in [0.15, 0.2) is 0 Å². The third-order valence-electron chi connectivity index (χ3n) is 4.81. The van der Waals surface area contributed by atoms with Crippen molar-refractivity contribution in [3.8, 4) is 0 Å². The Morgan fingerprint density at radius 2 is 1.68 bits per heavy atom. The fourth-order valence-corrected chi connectivity index (χ4v) is 3.61. The fraction of sp³-hybridized carbons (Fsp3) is 0.350. The maximum atomic E-state index is 12.5. The molecule has 0 N–H and O–H groups in total. The van der Waals surface area contributed by atoms with Gasteiger partial charge in [-0.25, -0.2) is 0 Å². The molecule has 1 saturated heterocycles. The summed E-state index contributed by atoms with van der Waals surface area (Å²) < 4.78 is 5.26. The van der Waals surface area contributed by atoms with E-state index in [0.717, 1.165) is 11.1 Å². The number of piperidine rings is 1. The number of hydrogen-bond acceptors (Lipinski definition) is 4. The van der Waals surface area contributed by atoms with E-state index in [2.05, 4.69) is 5.29 Å². The molecule has 0 aromatic heterocycles. The average Bonchev–Trinajstić information content (AvgIpc) is 2.68. The number of benzene rings is 2. The van der Waals surface area contributed by atoms with Crippen molar-refractivity contribution in [2.45, 2.75) is 25.3 Å². The van der Waals surface area contributed by atoms with Crippen LogP contribution in [0.15, 0.2) is 65.9 Å². The summed E-state index contributed by atoms with van der Waals surface area (Å²) in [5, 5.41) is 4.68. The summed E-state index contributed by atoms with van der Waals surface area (Å²) in [5.41, 5.74) is 2.12. The van der Waals surface area contributed by atoms with Crippen molar-refractivity contribution in [3.63, 3.8) is 0 Å². The number of nitroso groups, excluding NO2 is 1. The van der Waals surface area contributed by atoms with Crippen LogP contribution in [0.4, 0.5) is 0 Å². The first-order valence-electron chi connectivity index (χ1n) is 8.61. The summed E-state index contributed by atoms with van der Waals surface area (Å²) in [6.45, 7) is 2.38. The van der Waals surface area contributed by atoms with Crippen molar-refractivity contribution >= 4 is 5.97 Å². The van der Waals surface area contributed by atoms with Crippen LogP contribution in [0.1, 0.15) is 36.4 Å². The lowest BCUT2D eigenvalue weighted by molar-refractivity contribution is -0.151. The quantitative estimate of drug-likeness (QED) is 0.609. The summed E-state index contributed by atoms with van der Waals surface area (Å²) in [5.74, 6) is -0.681. The Labute approximate surface area is 147 Å². The van der Waals surface area contributed by atoms with Crippen LogP contribution in [-0.4, -0.2) is 24.1 Å². The van der Waals surface area contributed by atoms with Crippen molar-refractivity contribution < 1.29 is 9.53 Å². The van der Waals surface area contributed by atoms with E-state index in [-0.39, 0.29) is 24.5 Å². The second kappa shape index (κ2) is 7.92. The molecule has 2 aromatic carbocycles. The molecule has 1 heterocycles. The van der Waals surface area contributed by atoms with E-state index in [4.69, 9.17) is 4.74 Å². The predicted molar refractivity (Wildman–Crippen MR) is 95.6 cm³/mol. The number of ether oxygens (including phenoxy) is 1. The van der Waals surface area contributed by atoms with Gasteiger partial charge in [0.2, 0.25) is 0 Å². The highest BCUT2D eigenvalue weighted by Gasteiger charge is 2.41. The van der Waals surface area contributed by atoms with E-state index in [1.165, 1.54) is 5.01 Å². The molecule has 1 fully saturated rings. The number of carbonyl (C=O) groups excluding carboxylic acids is 1. The maximum Gasteiger partial charge on any atom is 0.311 e. The normalized spacial score (nSPS) is 23.1. The zero-order chi connectivity index (χ0) is 17.6. The zero-order valence-electron chi connectivity index (χ0n) is 14.2. The monoisotopic (exact) mass is 338 g/mol. The summed E-state index contributed by atoms with van der Waals surface area (Å²) in [4.78, 5) is 23.9. The number of carbonyl (C=O) groups is 1. The van der Waals surface area contributed by atoms with Gasteiger partial charge >= 0.3 is 5.97 Å². The van der Waals surface area contributed by atoms with Gasteiger partial charge < -0.3 is 4.74 Å². The van der Waals surface area contributed by atoms with Crippen LogP contribution in [0.3, 0.4) is 0 Å². The van der Waals surface area contributed by atoms with Gasteiger partial charge in [-0.15, -0.1) is 4.91 Å². The van der Waals surface area contributed by atoms with Crippen LogP contribution >= 0.6 is 0 Å². The van der Waals surface area contributed by atoms with E-state index in [9.17, 15) is 9.70 Å². The molecule has 5 nitrogen and oxygen atoms in total. The van der Waals surface area contributed by atoms with E-state index in [1.807, 2.05) is 60.7 Å². The topological polar surface area (TPSA) is 59.0 Å². The van der Waals surface area contributed by atoms with Crippen LogP contribution in [0, 0.1) is 10.8 Å². The van der Waals surface area contributed by atoms with Crippen molar-refractivity contribution in [3.05, 3.63) is 76.7 Å². The van der Waals surface area contributed by atoms with Crippen molar-refractivity contribution in [2.24, 2.45) is 11.2 Å². The Kier molecular flexibility index (Phi) is 5.43. The van der Waals surface area contributed by atoms with Gasteiger partial charge in [0.05, 0.1) is 30.4 Å². The van der Waals surface area contributed by atoms with Crippen LogP contribution < -0.4 is 0 Å². The molecule has 3 rings (SSSR count). The number of rotatable bonds is 5. The lowest BCUT2D eigenvalue weighted by Crippen LogP contribution is -2.42. The first kappa shape index (κ1) is 17.1. The van der Waals surface area contributed by atoms with Crippen molar-refractivity contribution in [1.29, 1.82) is 0 Å². The largest absolute Gasteiger partial charge is 0.466 e. The molecule has 0 unspecified atom stereocenters. The lowest BCUT2D eigenvalue weighted by Gasteiger charge is -2.40. The van der Waals surface area contributed by atoms with E-state index < -0.39 is 5.92 Å². The molecule has 2 aromatic rings. The SMILES string of the molecule is CCOC(=O)[C@@H]1CN(N=O)[C@H](c2ccccc2)C[C@H]1c1ccccc1. The van der Waals surface area contributed by atoms with Crippen molar-refractivity contribution in [2.75, 3.05) is 13.2 Å². The minimum absolute atomic E-state index is 0.0107. The van der Waals surface area contributed by atoms with Crippen molar-refractivity contribution in [1.82, 2.24) is 5.01 Å². The number of hydrogen-bond donors (Lipinski definition) is 0. The maximum absolute atomic E-state index is 12.5. The summed E-state index contributed by atoms with van der Waals surface area (Å²) in [6, 6.07) is 19.7. The highest BCUT2D eigenvalue weighted by atomic mass is 16.5. The third kappa shape index (κ3) is 3.71. The molecule has 130 valence electrons. The van der Waals surface area contributed by atoms with E-state index in [1.54, 1.807) is 6.92 Å². The van der Waals surface area contributed by atoms with Gasteiger partial charge in [-0.3, -0.25) is 9.80 Å². The molecule has 0 saturated carbocycles. The van der Waals surface area contributed by atoms with E-state index >= 15 is 0 Å². The van der Waals surface area contributed by atoms with E-state index in [0.29, 0.717) is 13.0 Å². The fourth-order valence-electron chi connectivity index (χ4n) is 3.61. The van der Waals surface area contributed by atoms with Gasteiger partial charge in [-0.05, 0) is 24.5 Å². The predicted octanol–water partition coefficient (Wildman–Crippen LogP) is 4.08. The lowest BCUT2D eigenvalue weighted by atomic mass is 9.76. The molecule has 0 aliphatic carbocycles. The Morgan fingerprint density at radius 1 is 1.08 bits per heavy atom. The second-order valence-electron chi connectivity index (χ2n) is 6.24. The molecule has 1 aliphatic rings. The molecule has 0 spiro atoms. The van der Waals surface area contributed by atoms with Gasteiger partial charge in [-0.2, -0.15) is 0 Å². The molecule has 0 amide bonds. The smallest absolute Gasteiger partial charge is 0.311 e. The Bertz CT molecular complexity index is 705. The molecule has 0 radical (unpaired) electrons. The molecule has 1 aliphatic heterocycles. The highest BCUT2D eigenvalue weighted by Crippen LogP contribution is 2.43. The second-order valence-corrected chi connectivity index (χ2v) is 6.24. The van der Waals surface area contributed by atoms with Crippen LogP contribution in [0.25, 0.3) is 0 Å². The molecule has 25 heavy (non-hydrogen) atoms. The zero-order valence-corrected chi connectivity index (χ0v) is 14.2. The first-order chi connectivity index (χ1) is 12.2. The standard InChI is InChI=1S/C20H22N2O3/c1-2-25-20(23)18-14-22(21-24)19(16-11-7-4-8-12-16)13-17(18)15-9-5-3-6-10-15/h3-12,17-19H,2,13-14H2,1H3/t17-,18+,19-/m0/s1. The molecular weight excluding hydrogens is 316 g/mol. The third-order valence-corrected chi connectivity index (χ3v) is 4.81. The van der Waals surface area contributed by atoms with Crippen LogP contribution in [0.2, 0.25) is 0 Å². The minimum Gasteiger partial charge on any atom is -0.466 e. The summed E-state index contributed by atoms with van der Waals surface area (Å²) in [6.07, 6.45) is 0.642. The average molecular weight is 338 g/mol. The van der Waals surface area contributed by atoms with Gasteiger partial charge in [0.1, 0.15) is 0 Å². The Morgan fingerprint density at radius 3 is 2.24 bits per heavy atom. The highest BCUT2D eigenvalue weighted by molar-refractivity contribution is 5.74. The number of esters is 1. The van der Waals surface area contributed by atoms with Gasteiger partial charge in [0.25, 0.3) is 0 Å². The number of nitrogens with zero attached hydrogens (tertiary/aromatic N) is 2. The molecule has 5 heteroatoms. The minimum atomic E-state index is -0.403. The molecule has 3 atom stereocenters. The van der Waals surface area contributed by atoms with Crippen LogP contribution in [0.5, 0.6) is 0 Å². The summed E-state index contributed by atoms with van der Waals surface area (Å²) in [7, 11) is 0. The van der Waals surface area contributed by atoms with Gasteiger partial charge in [0, 0.05) is 5.92 Å². The first-order valence-corrected chi connectivity index (χ1v) is 8.61. The van der Waals surface area contributed by atoms with Gasteiger partial charge in [-0.1, -0.05) is 60.7 Å². The Hall–Kier alpha value is -2.69. The molecule has 0 bridgehead atoms. The molecular formula is C20H22N2O3. The summed E-state index contributed by atoms with van der Waals surface area (Å²) >= 11 is 0. The van der Waals surface area contributed by atoms with Crippen LogP contribution in [-0.2, 0) is 9.53 Å². The Balaban J connectivity index is 1.95.